The lowest BCUT2D eigenvalue weighted by Crippen LogP contribution is -2.47. The summed E-state index contributed by atoms with van der Waals surface area (Å²) in [6.07, 6.45) is 81.7. The molecule has 0 amide bonds. The molecule has 0 saturated carbocycles. The van der Waals surface area contributed by atoms with Crippen LogP contribution in [0.2, 0.25) is 0 Å². The summed E-state index contributed by atoms with van der Waals surface area (Å²) in [7, 11) is -4.33. The van der Waals surface area contributed by atoms with Crippen LogP contribution in [0.3, 0.4) is 0 Å². The van der Waals surface area contributed by atoms with Crippen LogP contribution in [0.1, 0.15) is 507 Å². The standard InChI is InChI=1S/C84H171O4P/c1-13-25-34-40-46-52-58-64-73-82(79(22-10)70-31-19-7,74-65-59-53-47-41-35-26-14-2)86-89(85,87-83(80(23-11)71-32-20-8,75-66-60-54-48-42-36-27-15-3)76-67-61-55-49-43-37-28-16-4)88-84(81(24-12)72-33-21-9,77-68-62-56-50-44-38-29-17-5)78-69-63-57-51-45-39-30-18-6/h79-81H,13-78H2,1-12H3. The Bertz CT molecular complexity index is 1220. The second-order valence-corrected chi connectivity index (χ2v) is 31.4. The van der Waals surface area contributed by atoms with Crippen molar-refractivity contribution in [1.29, 1.82) is 0 Å². The van der Waals surface area contributed by atoms with Gasteiger partial charge in [0, 0.05) is 0 Å². The van der Waals surface area contributed by atoms with Crippen molar-refractivity contribution in [3.05, 3.63) is 0 Å². The average Bonchev–Trinajstić information content (AvgIpc) is 1.50. The van der Waals surface area contributed by atoms with Gasteiger partial charge < -0.3 is 0 Å². The molecule has 0 spiro atoms. The maximum Gasteiger partial charge on any atom is 0.476 e. The summed E-state index contributed by atoms with van der Waals surface area (Å²) < 4.78 is 43.8. The van der Waals surface area contributed by atoms with Crippen molar-refractivity contribution in [2.75, 3.05) is 0 Å². The van der Waals surface area contributed by atoms with Crippen molar-refractivity contribution in [2.24, 2.45) is 17.8 Å². The highest BCUT2D eigenvalue weighted by Gasteiger charge is 2.55. The first-order valence-corrected chi connectivity index (χ1v) is 43.7. The quantitative estimate of drug-likeness (QED) is 0.0450. The third kappa shape index (κ3) is 45.3. The SMILES string of the molecule is CCCCCCCCCCC(CCCCCCCCCC)(OP(=O)(OC(CCCCCCCCCC)(CCCCCCCCCC)C(CC)CCCC)OC(CCCCCCCCCC)(CCCCCCCCCC)C(CC)CCCC)C(CC)CCCC. The lowest BCUT2D eigenvalue weighted by atomic mass is 9.75. The van der Waals surface area contributed by atoms with E-state index in [1.54, 1.807) is 0 Å². The molecule has 0 aliphatic rings. The van der Waals surface area contributed by atoms with E-state index >= 15 is 4.57 Å². The van der Waals surface area contributed by atoms with Gasteiger partial charge >= 0.3 is 7.82 Å². The van der Waals surface area contributed by atoms with Crippen molar-refractivity contribution in [1.82, 2.24) is 0 Å². The van der Waals surface area contributed by atoms with Crippen LogP contribution in [0.4, 0.5) is 0 Å². The van der Waals surface area contributed by atoms with Crippen molar-refractivity contribution < 1.29 is 18.1 Å². The first kappa shape index (κ1) is 89.1. The molecule has 0 bridgehead atoms. The van der Waals surface area contributed by atoms with Crippen molar-refractivity contribution in [3.8, 4) is 0 Å². The van der Waals surface area contributed by atoms with Crippen LogP contribution >= 0.6 is 7.82 Å². The molecule has 0 radical (unpaired) electrons. The number of hydrogen-bond acceptors (Lipinski definition) is 4. The minimum absolute atomic E-state index is 0.311. The number of rotatable bonds is 75. The smallest absolute Gasteiger partial charge is 0.280 e. The van der Waals surface area contributed by atoms with Crippen LogP contribution in [0.5, 0.6) is 0 Å². The maximum atomic E-state index is 18.5. The Morgan fingerprint density at radius 1 is 0.202 bits per heavy atom. The molecule has 5 heteroatoms. The molecule has 0 aliphatic carbocycles. The van der Waals surface area contributed by atoms with Crippen molar-refractivity contribution in [2.45, 2.75) is 524 Å². The van der Waals surface area contributed by atoms with E-state index in [9.17, 15) is 0 Å². The second kappa shape index (κ2) is 64.1. The van der Waals surface area contributed by atoms with Crippen molar-refractivity contribution in [3.63, 3.8) is 0 Å². The molecule has 4 nitrogen and oxygen atoms in total. The van der Waals surface area contributed by atoms with Gasteiger partial charge in [-0.1, -0.05) is 449 Å². The Labute approximate surface area is 564 Å². The summed E-state index contributed by atoms with van der Waals surface area (Å²) in [4.78, 5) is 0. The van der Waals surface area contributed by atoms with Crippen LogP contribution in [0.15, 0.2) is 0 Å². The minimum atomic E-state index is -4.33. The molecule has 0 aromatic carbocycles. The molecule has 89 heavy (non-hydrogen) atoms. The maximum absolute atomic E-state index is 18.5. The van der Waals surface area contributed by atoms with Crippen molar-refractivity contribution >= 4 is 7.82 Å². The largest absolute Gasteiger partial charge is 0.476 e. The summed E-state index contributed by atoms with van der Waals surface area (Å²) in [5, 5.41) is 0. The third-order valence-corrected chi connectivity index (χ3v) is 23.8. The van der Waals surface area contributed by atoms with Gasteiger partial charge in [0.15, 0.2) is 0 Å². The minimum Gasteiger partial charge on any atom is -0.280 e. The van der Waals surface area contributed by atoms with Gasteiger partial charge in [-0.15, -0.1) is 0 Å². The summed E-state index contributed by atoms with van der Waals surface area (Å²) in [5.74, 6) is 0.933. The molecule has 0 aliphatic heterocycles. The molecule has 0 aromatic heterocycles. The monoisotopic (exact) mass is 1280 g/mol. The molecule has 0 saturated heterocycles. The molecular weight excluding hydrogens is 1100 g/mol. The number of phosphoric ester groups is 1. The molecule has 0 aromatic rings. The molecule has 0 fully saturated rings. The van der Waals surface area contributed by atoms with Gasteiger partial charge in [0.2, 0.25) is 0 Å². The summed E-state index contributed by atoms with van der Waals surface area (Å²) >= 11 is 0. The Balaban J connectivity index is 8.93. The predicted octanol–water partition coefficient (Wildman–Crippen LogP) is 32.2. The van der Waals surface area contributed by atoms with Gasteiger partial charge in [0.25, 0.3) is 0 Å². The lowest BCUT2D eigenvalue weighted by Gasteiger charge is -2.50. The van der Waals surface area contributed by atoms with Crippen LogP contribution in [-0.2, 0) is 18.1 Å². The highest BCUT2D eigenvalue weighted by atomic mass is 31.2. The van der Waals surface area contributed by atoms with E-state index in [0.29, 0.717) is 17.8 Å². The van der Waals surface area contributed by atoms with Crippen LogP contribution in [0, 0.1) is 17.8 Å². The highest BCUT2D eigenvalue weighted by Crippen LogP contribution is 2.66. The molecule has 3 atom stereocenters. The summed E-state index contributed by atoms with van der Waals surface area (Å²) in [6, 6.07) is 0. The summed E-state index contributed by atoms with van der Waals surface area (Å²) in [5.41, 5.74) is -1.69. The first-order chi connectivity index (χ1) is 43.5. The van der Waals surface area contributed by atoms with Crippen LogP contribution < -0.4 is 0 Å². The normalized spacial score (nSPS) is 14.2. The number of phosphoric acid groups is 1. The van der Waals surface area contributed by atoms with Gasteiger partial charge in [-0.2, -0.15) is 0 Å². The zero-order valence-electron chi connectivity index (χ0n) is 64.0. The molecule has 3 unspecified atom stereocenters. The zero-order valence-corrected chi connectivity index (χ0v) is 64.9. The highest BCUT2D eigenvalue weighted by molar-refractivity contribution is 7.48. The first-order valence-electron chi connectivity index (χ1n) is 42.3. The van der Waals surface area contributed by atoms with E-state index in [2.05, 4.69) is 83.1 Å². The molecule has 0 heterocycles. The Hall–Kier alpha value is 0.110. The van der Waals surface area contributed by atoms with Crippen LogP contribution in [0.25, 0.3) is 0 Å². The van der Waals surface area contributed by atoms with E-state index in [1.165, 1.54) is 308 Å². The lowest BCUT2D eigenvalue weighted by molar-refractivity contribution is -0.127. The van der Waals surface area contributed by atoms with Gasteiger partial charge in [-0.05, 0) is 75.5 Å². The number of unbranched alkanes of at least 4 members (excludes halogenated alkanes) is 45. The molecular formula is C84H171O4P. The van der Waals surface area contributed by atoms with Gasteiger partial charge in [0.1, 0.15) is 0 Å². The van der Waals surface area contributed by atoms with E-state index < -0.39 is 24.6 Å². The fourth-order valence-corrected chi connectivity index (χ4v) is 18.5. The number of hydrogen-bond donors (Lipinski definition) is 0. The predicted molar refractivity (Wildman–Crippen MR) is 402 cm³/mol. The molecule has 536 valence electrons. The average molecular weight is 1280 g/mol. The Kier molecular flexibility index (Phi) is 64.2. The topological polar surface area (TPSA) is 44.8 Å². The molecule has 0 N–H and O–H groups in total. The molecule has 0 rings (SSSR count). The Morgan fingerprint density at radius 2 is 0.337 bits per heavy atom. The fourth-order valence-electron chi connectivity index (χ4n) is 16.0. The van der Waals surface area contributed by atoms with Gasteiger partial charge in [-0.25, -0.2) is 4.57 Å². The van der Waals surface area contributed by atoms with Gasteiger partial charge in [0.05, 0.1) is 16.8 Å². The summed E-state index contributed by atoms with van der Waals surface area (Å²) in [6.45, 7) is 28.6. The third-order valence-electron chi connectivity index (χ3n) is 22.0. The van der Waals surface area contributed by atoms with E-state index in [0.717, 1.165) is 116 Å². The zero-order chi connectivity index (χ0) is 65.5. The Morgan fingerprint density at radius 3 is 0.472 bits per heavy atom. The van der Waals surface area contributed by atoms with E-state index in [1.807, 2.05) is 0 Å². The van der Waals surface area contributed by atoms with E-state index in [4.69, 9.17) is 13.6 Å². The van der Waals surface area contributed by atoms with E-state index in [-0.39, 0.29) is 0 Å². The fraction of sp³-hybridized carbons (Fsp3) is 1.00. The van der Waals surface area contributed by atoms with Crippen LogP contribution in [-0.4, -0.2) is 16.8 Å². The van der Waals surface area contributed by atoms with Gasteiger partial charge in [-0.3, -0.25) is 13.6 Å². The second-order valence-electron chi connectivity index (χ2n) is 30.0.